The molecule has 0 bridgehead atoms. The molecule has 1 fully saturated rings. The third-order valence-electron chi connectivity index (χ3n) is 7.13. The number of nitrogens with zero attached hydrogens (tertiary/aromatic N) is 5. The van der Waals surface area contributed by atoms with Crippen LogP contribution in [0.15, 0.2) is 30.7 Å². The molecule has 2 atom stereocenters. The van der Waals surface area contributed by atoms with E-state index in [1.807, 2.05) is 10.5 Å². The lowest BCUT2D eigenvalue weighted by atomic mass is 9.79. The van der Waals surface area contributed by atoms with Crippen LogP contribution in [0.1, 0.15) is 37.4 Å². The monoisotopic (exact) mass is 487 g/mol. The maximum Gasteiger partial charge on any atom is 0.225 e. The standard InChI is InChI=1S/C24H30ClN5O2S/c1-24(19-6-8-29(9-7-19)23-27-14-20(25)15-28-23)13-18-12-21(26-16-22(18)32-24)17-4-10-30(11-5-17)33(2,3)31/h4,12,14-16,19H,2,5-11,13H2,1,3H3/t24-,33?/m0/s1. The Balaban J connectivity index is 1.25. The van der Waals surface area contributed by atoms with Crippen LogP contribution in [0.5, 0.6) is 5.75 Å². The Morgan fingerprint density at radius 2 is 1.91 bits per heavy atom. The van der Waals surface area contributed by atoms with Gasteiger partial charge in [-0.15, -0.1) is 0 Å². The van der Waals surface area contributed by atoms with E-state index >= 15 is 0 Å². The highest BCUT2D eigenvalue weighted by Crippen LogP contribution is 2.43. The highest BCUT2D eigenvalue weighted by atomic mass is 35.5. The van der Waals surface area contributed by atoms with E-state index in [2.05, 4.69) is 39.8 Å². The summed E-state index contributed by atoms with van der Waals surface area (Å²) in [5.41, 5.74) is 3.21. The van der Waals surface area contributed by atoms with Crippen LogP contribution in [0.4, 0.5) is 5.95 Å². The van der Waals surface area contributed by atoms with Gasteiger partial charge in [-0.3, -0.25) is 9.19 Å². The number of halogens is 1. The van der Waals surface area contributed by atoms with Crippen LogP contribution in [0.3, 0.4) is 0 Å². The van der Waals surface area contributed by atoms with Crippen LogP contribution in [0, 0.1) is 5.92 Å². The van der Waals surface area contributed by atoms with Gasteiger partial charge in [0.1, 0.15) is 11.4 Å². The number of anilines is 1. The SMILES string of the molecule is C=S(C)(=O)N1CC=C(c2cc3c(cn2)O[C@](C)(C2CCN(c4ncc(Cl)cn4)CC2)C3)CC1. The Morgan fingerprint density at radius 3 is 2.55 bits per heavy atom. The summed E-state index contributed by atoms with van der Waals surface area (Å²) in [6.07, 6.45) is 12.8. The van der Waals surface area contributed by atoms with Gasteiger partial charge in [0.15, 0.2) is 0 Å². The maximum atomic E-state index is 12.2. The van der Waals surface area contributed by atoms with Gasteiger partial charge in [-0.25, -0.2) is 14.3 Å². The van der Waals surface area contributed by atoms with Crippen molar-refractivity contribution < 1.29 is 8.95 Å². The van der Waals surface area contributed by atoms with Crippen molar-refractivity contribution in [2.24, 2.45) is 5.92 Å². The lowest BCUT2D eigenvalue weighted by molar-refractivity contribution is 0.0347. The summed E-state index contributed by atoms with van der Waals surface area (Å²) in [7, 11) is -2.16. The second-order valence-corrected chi connectivity index (χ2v) is 12.4. The molecule has 3 aliphatic heterocycles. The van der Waals surface area contributed by atoms with Crippen molar-refractivity contribution in [2.45, 2.75) is 38.2 Å². The third-order valence-corrected chi connectivity index (χ3v) is 8.75. The average molecular weight is 488 g/mol. The van der Waals surface area contributed by atoms with Gasteiger partial charge in [0.2, 0.25) is 5.95 Å². The Bertz CT molecular complexity index is 1180. The number of hydrogen-bond acceptors (Lipinski definition) is 6. The Kier molecular flexibility index (Phi) is 5.87. The fourth-order valence-electron chi connectivity index (χ4n) is 5.18. The molecule has 7 nitrogen and oxygen atoms in total. The normalized spacial score (nSPS) is 25.8. The first kappa shape index (κ1) is 22.6. The summed E-state index contributed by atoms with van der Waals surface area (Å²) in [6.45, 7) is 5.43. The van der Waals surface area contributed by atoms with Crippen molar-refractivity contribution in [3.05, 3.63) is 47.0 Å². The second-order valence-electron chi connectivity index (χ2n) is 9.56. The van der Waals surface area contributed by atoms with Gasteiger partial charge in [-0.2, -0.15) is 0 Å². The van der Waals surface area contributed by atoms with Crippen LogP contribution >= 0.6 is 11.6 Å². The summed E-state index contributed by atoms with van der Waals surface area (Å²) in [5.74, 6) is 5.90. The third kappa shape index (κ3) is 4.61. The zero-order valence-electron chi connectivity index (χ0n) is 19.2. The highest BCUT2D eigenvalue weighted by Gasteiger charge is 2.43. The topological polar surface area (TPSA) is 71.5 Å². The number of pyridine rings is 1. The van der Waals surface area contributed by atoms with Gasteiger partial charge in [0, 0.05) is 60.0 Å². The van der Waals surface area contributed by atoms with Crippen molar-refractivity contribution in [1.29, 1.82) is 0 Å². The molecule has 0 aromatic carbocycles. The first-order chi connectivity index (χ1) is 15.7. The Labute approximate surface area is 201 Å². The molecule has 0 N–H and O–H groups in total. The van der Waals surface area contributed by atoms with Gasteiger partial charge in [-0.1, -0.05) is 17.7 Å². The number of aromatic nitrogens is 3. The summed E-state index contributed by atoms with van der Waals surface area (Å²) in [5, 5.41) is 0.555. The molecule has 176 valence electrons. The number of ether oxygens (including phenoxy) is 1. The summed E-state index contributed by atoms with van der Waals surface area (Å²) < 4.78 is 20.6. The average Bonchev–Trinajstić information content (AvgIpc) is 3.16. The largest absolute Gasteiger partial charge is 0.485 e. The van der Waals surface area contributed by atoms with Crippen molar-refractivity contribution in [3.63, 3.8) is 0 Å². The number of piperidine rings is 1. The molecule has 0 amide bonds. The zero-order valence-corrected chi connectivity index (χ0v) is 20.7. The van der Waals surface area contributed by atoms with E-state index in [0.29, 0.717) is 17.5 Å². The summed E-state index contributed by atoms with van der Waals surface area (Å²) in [6, 6.07) is 2.19. The molecule has 0 spiro atoms. The minimum absolute atomic E-state index is 0.227. The molecule has 1 unspecified atom stereocenters. The van der Waals surface area contributed by atoms with Crippen molar-refractivity contribution in [2.75, 3.05) is 37.3 Å². The van der Waals surface area contributed by atoms with Gasteiger partial charge in [-0.05, 0) is 43.7 Å². The van der Waals surface area contributed by atoms with Gasteiger partial charge >= 0.3 is 0 Å². The molecular weight excluding hydrogens is 458 g/mol. The van der Waals surface area contributed by atoms with E-state index < -0.39 is 9.71 Å². The van der Waals surface area contributed by atoms with Crippen molar-refractivity contribution in [3.8, 4) is 5.75 Å². The van der Waals surface area contributed by atoms with E-state index in [1.165, 1.54) is 11.1 Å². The van der Waals surface area contributed by atoms with E-state index in [-0.39, 0.29) is 5.60 Å². The predicted octanol–water partition coefficient (Wildman–Crippen LogP) is 3.49. The molecule has 2 aromatic rings. The van der Waals surface area contributed by atoms with Crippen LogP contribution in [0.25, 0.3) is 5.57 Å². The molecule has 2 aromatic heterocycles. The van der Waals surface area contributed by atoms with Crippen molar-refractivity contribution >= 4 is 38.7 Å². The fourth-order valence-corrected chi connectivity index (χ4v) is 6.14. The van der Waals surface area contributed by atoms with E-state index in [9.17, 15) is 4.21 Å². The quantitative estimate of drug-likeness (QED) is 0.615. The maximum absolute atomic E-state index is 12.2. The molecule has 5 heterocycles. The lowest BCUT2D eigenvalue weighted by Gasteiger charge is -2.39. The molecule has 0 saturated carbocycles. The van der Waals surface area contributed by atoms with Crippen LogP contribution in [0.2, 0.25) is 5.02 Å². The molecule has 33 heavy (non-hydrogen) atoms. The van der Waals surface area contributed by atoms with Crippen LogP contribution in [-0.4, -0.2) is 67.4 Å². The Hall–Kier alpha value is -2.16. The predicted molar refractivity (Wildman–Crippen MR) is 134 cm³/mol. The van der Waals surface area contributed by atoms with E-state index in [4.69, 9.17) is 21.3 Å². The number of rotatable bonds is 4. The van der Waals surface area contributed by atoms with Crippen LogP contribution < -0.4 is 9.64 Å². The summed E-state index contributed by atoms with van der Waals surface area (Å²) >= 11 is 5.92. The number of fused-ring (bicyclic) bond motifs is 1. The van der Waals surface area contributed by atoms with Crippen LogP contribution in [-0.2, 0) is 16.1 Å². The highest BCUT2D eigenvalue weighted by molar-refractivity contribution is 7.97. The molecular formula is C24H30ClN5O2S. The van der Waals surface area contributed by atoms with E-state index in [0.717, 1.165) is 62.7 Å². The molecule has 9 heteroatoms. The van der Waals surface area contributed by atoms with Crippen molar-refractivity contribution in [1.82, 2.24) is 19.3 Å². The molecule has 0 radical (unpaired) electrons. The minimum Gasteiger partial charge on any atom is -0.485 e. The molecule has 1 saturated heterocycles. The Morgan fingerprint density at radius 1 is 1.18 bits per heavy atom. The summed E-state index contributed by atoms with van der Waals surface area (Å²) in [4.78, 5) is 15.6. The number of hydrogen-bond donors (Lipinski definition) is 0. The molecule has 5 rings (SSSR count). The smallest absolute Gasteiger partial charge is 0.225 e. The van der Waals surface area contributed by atoms with E-state index in [1.54, 1.807) is 18.6 Å². The molecule has 0 aliphatic carbocycles. The lowest BCUT2D eigenvalue weighted by Crippen LogP contribution is -2.46. The first-order valence-corrected chi connectivity index (χ1v) is 13.9. The minimum atomic E-state index is -2.16. The van der Waals surface area contributed by atoms with Gasteiger partial charge in [0.05, 0.1) is 29.3 Å². The molecule has 3 aliphatic rings. The van der Waals surface area contributed by atoms with Gasteiger partial charge < -0.3 is 9.64 Å². The zero-order chi connectivity index (χ0) is 23.2. The first-order valence-electron chi connectivity index (χ1n) is 11.4. The fraction of sp³-hybridized carbons (Fsp3) is 0.500. The van der Waals surface area contributed by atoms with Gasteiger partial charge in [0.25, 0.3) is 0 Å². The second kappa shape index (κ2) is 8.56.